The number of aliphatic hydroxyl groups excluding tert-OH is 3. The quantitative estimate of drug-likeness (QED) is 0.105. The lowest BCUT2D eigenvalue weighted by atomic mass is 10.0. The molecule has 0 aromatic carbocycles. The lowest BCUT2D eigenvalue weighted by Gasteiger charge is -2.27. The second-order valence-electron chi connectivity index (χ2n) is 10.6. The monoisotopic (exact) mass is 499 g/mol. The standard InChI is InChI=1S/C30H61NO4/c1-3-5-7-9-11-12-13-14-15-16-17-18-19-21-23-28(33)27-31(25-26-32)30(35)29(34)24-22-20-10-8-6-4-2/h28-29,32-34H,3-27H2,1-2H3. The highest BCUT2D eigenvalue weighted by molar-refractivity contribution is 5.80. The van der Waals surface area contributed by atoms with Crippen molar-refractivity contribution in [3.63, 3.8) is 0 Å². The molecule has 0 spiro atoms. The van der Waals surface area contributed by atoms with Gasteiger partial charge in [0.15, 0.2) is 0 Å². The number of carbonyl (C=O) groups is 1. The molecule has 0 rings (SSSR count). The van der Waals surface area contributed by atoms with Crippen LogP contribution in [0.15, 0.2) is 0 Å². The van der Waals surface area contributed by atoms with Gasteiger partial charge in [0.1, 0.15) is 6.10 Å². The van der Waals surface area contributed by atoms with Gasteiger partial charge < -0.3 is 20.2 Å². The van der Waals surface area contributed by atoms with Gasteiger partial charge in [-0.25, -0.2) is 0 Å². The van der Waals surface area contributed by atoms with E-state index in [0.29, 0.717) is 12.8 Å². The van der Waals surface area contributed by atoms with E-state index in [2.05, 4.69) is 13.8 Å². The van der Waals surface area contributed by atoms with Gasteiger partial charge >= 0.3 is 0 Å². The minimum absolute atomic E-state index is 0.152. The lowest BCUT2D eigenvalue weighted by molar-refractivity contribution is -0.142. The minimum Gasteiger partial charge on any atom is -0.395 e. The van der Waals surface area contributed by atoms with Crippen LogP contribution < -0.4 is 0 Å². The van der Waals surface area contributed by atoms with Crippen LogP contribution in [-0.4, -0.2) is 58.0 Å². The number of unbranched alkanes of at least 4 members (excludes halogenated alkanes) is 18. The van der Waals surface area contributed by atoms with Gasteiger partial charge in [0.2, 0.25) is 0 Å². The van der Waals surface area contributed by atoms with E-state index in [1.807, 2.05) is 0 Å². The molecule has 0 aliphatic rings. The highest BCUT2D eigenvalue weighted by Crippen LogP contribution is 2.15. The van der Waals surface area contributed by atoms with Crippen LogP contribution >= 0.6 is 0 Å². The van der Waals surface area contributed by atoms with Crippen LogP contribution in [0.1, 0.15) is 155 Å². The summed E-state index contributed by atoms with van der Waals surface area (Å²) in [6.07, 6.45) is 24.5. The number of carbonyl (C=O) groups excluding carboxylic acids is 1. The number of rotatable bonds is 27. The Hall–Kier alpha value is -0.650. The van der Waals surface area contributed by atoms with Crippen molar-refractivity contribution >= 4 is 5.91 Å². The molecular weight excluding hydrogens is 438 g/mol. The van der Waals surface area contributed by atoms with Crippen LogP contribution in [0.3, 0.4) is 0 Å². The fourth-order valence-corrected chi connectivity index (χ4v) is 4.78. The van der Waals surface area contributed by atoms with Gasteiger partial charge in [-0.15, -0.1) is 0 Å². The third kappa shape index (κ3) is 22.3. The molecule has 0 aromatic heterocycles. The molecule has 3 N–H and O–H groups in total. The van der Waals surface area contributed by atoms with Crippen molar-refractivity contribution in [3.05, 3.63) is 0 Å². The van der Waals surface area contributed by atoms with E-state index in [9.17, 15) is 20.1 Å². The maximum Gasteiger partial charge on any atom is 0.251 e. The van der Waals surface area contributed by atoms with E-state index in [1.165, 1.54) is 101 Å². The SMILES string of the molecule is CCCCCCCCCCCCCCCCC(O)CN(CCO)C(=O)C(O)CCCCCCCC. The normalized spacial score (nSPS) is 13.2. The molecule has 0 radical (unpaired) electrons. The van der Waals surface area contributed by atoms with Crippen molar-refractivity contribution in [2.45, 2.75) is 167 Å². The molecule has 5 heteroatoms. The molecule has 210 valence electrons. The first kappa shape index (κ1) is 34.4. The van der Waals surface area contributed by atoms with Crippen molar-refractivity contribution in [2.24, 2.45) is 0 Å². The van der Waals surface area contributed by atoms with E-state index in [-0.39, 0.29) is 25.6 Å². The first-order valence-corrected chi connectivity index (χ1v) is 15.3. The summed E-state index contributed by atoms with van der Waals surface area (Å²) >= 11 is 0. The second-order valence-corrected chi connectivity index (χ2v) is 10.6. The van der Waals surface area contributed by atoms with Crippen molar-refractivity contribution in [3.8, 4) is 0 Å². The Kier molecular flexibility index (Phi) is 25.9. The Bertz CT molecular complexity index is 446. The number of hydrogen-bond acceptors (Lipinski definition) is 4. The average Bonchev–Trinajstić information content (AvgIpc) is 2.85. The molecule has 0 aliphatic heterocycles. The Morgan fingerprint density at radius 2 is 0.971 bits per heavy atom. The number of nitrogens with zero attached hydrogens (tertiary/aromatic N) is 1. The Labute approximate surface area is 218 Å². The predicted molar refractivity (Wildman–Crippen MR) is 149 cm³/mol. The van der Waals surface area contributed by atoms with Gasteiger partial charge in [0.05, 0.1) is 12.7 Å². The molecule has 2 unspecified atom stereocenters. The van der Waals surface area contributed by atoms with E-state index in [1.54, 1.807) is 0 Å². The van der Waals surface area contributed by atoms with Gasteiger partial charge in [-0.05, 0) is 12.8 Å². The van der Waals surface area contributed by atoms with Crippen LogP contribution in [0.2, 0.25) is 0 Å². The van der Waals surface area contributed by atoms with Gasteiger partial charge in [-0.3, -0.25) is 4.79 Å². The smallest absolute Gasteiger partial charge is 0.251 e. The fraction of sp³-hybridized carbons (Fsp3) is 0.967. The summed E-state index contributed by atoms with van der Waals surface area (Å²) < 4.78 is 0. The van der Waals surface area contributed by atoms with Gasteiger partial charge in [0.25, 0.3) is 5.91 Å². The molecule has 0 bridgehead atoms. The summed E-state index contributed by atoms with van der Waals surface area (Å²) in [6, 6.07) is 0. The third-order valence-corrected chi connectivity index (χ3v) is 7.12. The van der Waals surface area contributed by atoms with E-state index < -0.39 is 12.2 Å². The van der Waals surface area contributed by atoms with Crippen molar-refractivity contribution in [1.29, 1.82) is 0 Å². The summed E-state index contributed by atoms with van der Waals surface area (Å²) in [4.78, 5) is 14.0. The first-order chi connectivity index (χ1) is 17.1. The summed E-state index contributed by atoms with van der Waals surface area (Å²) in [5, 5.41) is 30.0. The van der Waals surface area contributed by atoms with Crippen molar-refractivity contribution < 1.29 is 20.1 Å². The van der Waals surface area contributed by atoms with Gasteiger partial charge in [-0.1, -0.05) is 142 Å². The van der Waals surface area contributed by atoms with E-state index in [4.69, 9.17) is 0 Å². The van der Waals surface area contributed by atoms with Gasteiger partial charge in [0, 0.05) is 13.1 Å². The second kappa shape index (κ2) is 26.4. The Balaban J connectivity index is 3.80. The van der Waals surface area contributed by atoms with Crippen LogP contribution in [0, 0.1) is 0 Å². The zero-order valence-corrected chi connectivity index (χ0v) is 23.5. The summed E-state index contributed by atoms with van der Waals surface area (Å²) in [5.74, 6) is -0.354. The largest absolute Gasteiger partial charge is 0.395 e. The third-order valence-electron chi connectivity index (χ3n) is 7.12. The molecule has 2 atom stereocenters. The zero-order chi connectivity index (χ0) is 26.0. The number of amides is 1. The molecular formula is C30H61NO4. The maximum absolute atomic E-state index is 12.6. The molecule has 35 heavy (non-hydrogen) atoms. The molecule has 0 saturated carbocycles. The van der Waals surface area contributed by atoms with Gasteiger partial charge in [-0.2, -0.15) is 0 Å². The fourth-order valence-electron chi connectivity index (χ4n) is 4.78. The Morgan fingerprint density at radius 1 is 0.600 bits per heavy atom. The molecule has 0 aliphatic carbocycles. The minimum atomic E-state index is -1.03. The summed E-state index contributed by atoms with van der Waals surface area (Å²) in [7, 11) is 0. The maximum atomic E-state index is 12.6. The van der Waals surface area contributed by atoms with Crippen LogP contribution in [0.4, 0.5) is 0 Å². The zero-order valence-electron chi connectivity index (χ0n) is 23.5. The molecule has 0 heterocycles. The predicted octanol–water partition coefficient (Wildman–Crippen LogP) is 7.15. The van der Waals surface area contributed by atoms with Crippen molar-refractivity contribution in [2.75, 3.05) is 19.7 Å². The summed E-state index contributed by atoms with van der Waals surface area (Å²) in [6.45, 7) is 4.67. The number of aliphatic hydroxyl groups is 3. The Morgan fingerprint density at radius 3 is 1.37 bits per heavy atom. The van der Waals surface area contributed by atoms with Crippen LogP contribution in [-0.2, 0) is 4.79 Å². The average molecular weight is 500 g/mol. The summed E-state index contributed by atoms with van der Waals surface area (Å²) in [5.41, 5.74) is 0. The molecule has 5 nitrogen and oxygen atoms in total. The molecule has 0 saturated heterocycles. The van der Waals surface area contributed by atoms with Crippen LogP contribution in [0.25, 0.3) is 0 Å². The topological polar surface area (TPSA) is 81.0 Å². The first-order valence-electron chi connectivity index (χ1n) is 15.3. The molecule has 1 amide bonds. The van der Waals surface area contributed by atoms with E-state index in [0.717, 1.165) is 32.1 Å². The lowest BCUT2D eigenvalue weighted by Crippen LogP contribution is -2.44. The highest BCUT2D eigenvalue weighted by Gasteiger charge is 2.23. The highest BCUT2D eigenvalue weighted by atomic mass is 16.3. The van der Waals surface area contributed by atoms with Crippen LogP contribution in [0.5, 0.6) is 0 Å². The molecule has 0 fully saturated rings. The van der Waals surface area contributed by atoms with E-state index >= 15 is 0 Å². The van der Waals surface area contributed by atoms with Crippen molar-refractivity contribution in [1.82, 2.24) is 4.90 Å². The number of hydrogen-bond donors (Lipinski definition) is 3. The molecule has 0 aromatic rings.